The summed E-state index contributed by atoms with van der Waals surface area (Å²) in [5, 5.41) is 0. The minimum absolute atomic E-state index is 0.210. The molecule has 0 bridgehead atoms. The zero-order valence-electron chi connectivity index (χ0n) is 12.5. The van der Waals surface area contributed by atoms with Gasteiger partial charge in [0.2, 0.25) is 5.91 Å². The number of nitrogens with two attached hydrogens (primary N) is 1. The first-order valence-corrected chi connectivity index (χ1v) is 7.80. The van der Waals surface area contributed by atoms with Crippen LogP contribution in [0.3, 0.4) is 0 Å². The number of benzene rings is 1. The lowest BCUT2D eigenvalue weighted by molar-refractivity contribution is -0.123. The fraction of sp³-hybridized carbons (Fsp3) is 0.588. The highest BCUT2D eigenvalue weighted by Crippen LogP contribution is 2.28. The van der Waals surface area contributed by atoms with Crippen LogP contribution in [0, 0.1) is 12.8 Å². The molecule has 110 valence electrons. The lowest BCUT2D eigenvalue weighted by Gasteiger charge is -2.29. The molecular weight excluding hydrogens is 248 g/mol. The number of aryl methyl sites for hydroxylation is 1. The van der Waals surface area contributed by atoms with E-state index < -0.39 is 0 Å². The molecule has 0 saturated heterocycles. The molecule has 0 heterocycles. The third-order valence-corrected chi connectivity index (χ3v) is 4.12. The fourth-order valence-electron chi connectivity index (χ4n) is 2.98. The molecule has 0 atom stereocenters. The van der Waals surface area contributed by atoms with Crippen LogP contribution in [0.15, 0.2) is 24.3 Å². The van der Waals surface area contributed by atoms with Crippen LogP contribution < -0.4 is 10.6 Å². The van der Waals surface area contributed by atoms with Crippen molar-refractivity contribution in [3.8, 4) is 0 Å². The van der Waals surface area contributed by atoms with Crippen LogP contribution in [0.5, 0.6) is 0 Å². The van der Waals surface area contributed by atoms with Crippen LogP contribution >= 0.6 is 0 Å². The Hall–Kier alpha value is -1.35. The van der Waals surface area contributed by atoms with E-state index in [-0.39, 0.29) is 5.92 Å². The Bertz CT molecular complexity index is 438. The first-order chi connectivity index (χ1) is 9.72. The fourth-order valence-corrected chi connectivity index (χ4v) is 2.98. The van der Waals surface area contributed by atoms with Crippen LogP contribution in [0.25, 0.3) is 0 Å². The molecule has 3 nitrogen and oxygen atoms in total. The number of hydrogen-bond acceptors (Lipinski definition) is 2. The summed E-state index contributed by atoms with van der Waals surface area (Å²) in [6.45, 7) is 3.42. The van der Waals surface area contributed by atoms with E-state index >= 15 is 0 Å². The molecule has 0 spiro atoms. The van der Waals surface area contributed by atoms with E-state index in [9.17, 15) is 4.79 Å². The monoisotopic (exact) mass is 274 g/mol. The van der Waals surface area contributed by atoms with Crippen molar-refractivity contribution in [2.24, 2.45) is 11.7 Å². The zero-order chi connectivity index (χ0) is 14.4. The molecule has 1 aromatic carbocycles. The average Bonchev–Trinajstić information content (AvgIpc) is 2.48. The Morgan fingerprint density at radius 2 is 2.05 bits per heavy atom. The molecule has 2 rings (SSSR count). The molecule has 1 amide bonds. The molecule has 1 fully saturated rings. The van der Waals surface area contributed by atoms with E-state index in [0.29, 0.717) is 12.5 Å². The summed E-state index contributed by atoms with van der Waals surface area (Å²) in [7, 11) is 0. The molecular formula is C17H26N2O. The summed E-state index contributed by atoms with van der Waals surface area (Å²) in [6.07, 6.45) is 6.60. The number of amides is 1. The van der Waals surface area contributed by atoms with Crippen molar-refractivity contribution in [3.05, 3.63) is 29.8 Å². The van der Waals surface area contributed by atoms with Gasteiger partial charge in [-0.3, -0.25) is 4.79 Å². The number of nitrogens with zero attached hydrogens (tertiary/aromatic N) is 1. The standard InChI is InChI=1S/C17H26N2O/c1-14-7-5-10-16(13-14)19(12-6-11-18)17(20)15-8-3-2-4-9-15/h5,7,10,13,15H,2-4,6,8-9,11-12,18H2,1H3. The van der Waals surface area contributed by atoms with Gasteiger partial charge in [-0.2, -0.15) is 0 Å². The zero-order valence-corrected chi connectivity index (χ0v) is 12.5. The van der Waals surface area contributed by atoms with Gasteiger partial charge in [0.05, 0.1) is 0 Å². The second-order valence-corrected chi connectivity index (χ2v) is 5.81. The van der Waals surface area contributed by atoms with Gasteiger partial charge in [0.25, 0.3) is 0 Å². The normalized spacial score (nSPS) is 16.1. The second kappa shape index (κ2) is 7.44. The second-order valence-electron chi connectivity index (χ2n) is 5.81. The van der Waals surface area contributed by atoms with Crippen LogP contribution in [-0.4, -0.2) is 19.0 Å². The molecule has 1 saturated carbocycles. The van der Waals surface area contributed by atoms with Gasteiger partial charge >= 0.3 is 0 Å². The van der Waals surface area contributed by atoms with Gasteiger partial charge in [-0.15, -0.1) is 0 Å². The Balaban J connectivity index is 2.15. The molecule has 1 aromatic rings. The van der Waals surface area contributed by atoms with Crippen molar-refractivity contribution < 1.29 is 4.79 Å². The topological polar surface area (TPSA) is 46.3 Å². The number of carbonyl (C=O) groups is 1. The average molecular weight is 274 g/mol. The van der Waals surface area contributed by atoms with E-state index in [4.69, 9.17) is 5.73 Å². The van der Waals surface area contributed by atoms with Crippen LogP contribution in [0.1, 0.15) is 44.1 Å². The molecule has 0 unspecified atom stereocenters. The Morgan fingerprint density at radius 3 is 2.70 bits per heavy atom. The van der Waals surface area contributed by atoms with Gasteiger partial charge in [0.1, 0.15) is 0 Å². The number of rotatable bonds is 5. The van der Waals surface area contributed by atoms with E-state index in [2.05, 4.69) is 19.1 Å². The molecule has 1 aliphatic carbocycles. The molecule has 1 aliphatic rings. The minimum Gasteiger partial charge on any atom is -0.330 e. The number of hydrogen-bond donors (Lipinski definition) is 1. The van der Waals surface area contributed by atoms with Crippen LogP contribution in [0.2, 0.25) is 0 Å². The molecule has 0 radical (unpaired) electrons. The Kier molecular flexibility index (Phi) is 5.60. The number of carbonyl (C=O) groups excluding carboxylic acids is 1. The maximum Gasteiger partial charge on any atom is 0.230 e. The molecule has 2 N–H and O–H groups in total. The van der Waals surface area contributed by atoms with Gasteiger partial charge in [0.15, 0.2) is 0 Å². The summed E-state index contributed by atoms with van der Waals surface area (Å²) >= 11 is 0. The summed E-state index contributed by atoms with van der Waals surface area (Å²) in [5.41, 5.74) is 7.84. The van der Waals surface area contributed by atoms with Gasteiger partial charge in [-0.05, 0) is 50.4 Å². The number of anilines is 1. The smallest absolute Gasteiger partial charge is 0.230 e. The summed E-state index contributed by atoms with van der Waals surface area (Å²) in [6, 6.07) is 8.21. The maximum atomic E-state index is 12.8. The Labute approximate surface area is 122 Å². The summed E-state index contributed by atoms with van der Waals surface area (Å²) in [4.78, 5) is 14.8. The van der Waals surface area contributed by atoms with E-state index in [1.807, 2.05) is 17.0 Å². The third kappa shape index (κ3) is 3.83. The highest BCUT2D eigenvalue weighted by Gasteiger charge is 2.26. The van der Waals surface area contributed by atoms with Gasteiger partial charge in [0, 0.05) is 18.2 Å². The van der Waals surface area contributed by atoms with Crippen LogP contribution in [-0.2, 0) is 4.79 Å². The SMILES string of the molecule is Cc1cccc(N(CCCN)C(=O)C2CCCCC2)c1. The maximum absolute atomic E-state index is 12.8. The predicted octanol–water partition coefficient (Wildman–Crippen LogP) is 3.26. The summed E-state index contributed by atoms with van der Waals surface area (Å²) < 4.78 is 0. The van der Waals surface area contributed by atoms with Crippen molar-refractivity contribution in [3.63, 3.8) is 0 Å². The lowest BCUT2D eigenvalue weighted by Crippen LogP contribution is -2.38. The quantitative estimate of drug-likeness (QED) is 0.896. The highest BCUT2D eigenvalue weighted by molar-refractivity contribution is 5.95. The van der Waals surface area contributed by atoms with Gasteiger partial charge in [-0.1, -0.05) is 31.4 Å². The van der Waals surface area contributed by atoms with Crippen molar-refractivity contribution in [1.29, 1.82) is 0 Å². The van der Waals surface area contributed by atoms with Crippen molar-refractivity contribution >= 4 is 11.6 Å². The molecule has 0 aromatic heterocycles. The third-order valence-electron chi connectivity index (χ3n) is 4.12. The van der Waals surface area contributed by atoms with Crippen LogP contribution in [0.4, 0.5) is 5.69 Å². The van der Waals surface area contributed by atoms with E-state index in [1.165, 1.54) is 24.8 Å². The lowest BCUT2D eigenvalue weighted by atomic mass is 9.88. The largest absolute Gasteiger partial charge is 0.330 e. The van der Waals surface area contributed by atoms with Crippen molar-refractivity contribution in [1.82, 2.24) is 0 Å². The molecule has 0 aliphatic heterocycles. The van der Waals surface area contributed by atoms with Crippen molar-refractivity contribution in [2.45, 2.75) is 45.4 Å². The first-order valence-electron chi connectivity index (χ1n) is 7.80. The summed E-state index contributed by atoms with van der Waals surface area (Å²) in [5.74, 6) is 0.505. The highest BCUT2D eigenvalue weighted by atomic mass is 16.2. The predicted molar refractivity (Wildman–Crippen MR) is 83.8 cm³/mol. The van der Waals surface area contributed by atoms with E-state index in [1.54, 1.807) is 0 Å². The Morgan fingerprint density at radius 1 is 1.30 bits per heavy atom. The molecule has 3 heteroatoms. The van der Waals surface area contributed by atoms with Gasteiger partial charge < -0.3 is 10.6 Å². The minimum atomic E-state index is 0.210. The van der Waals surface area contributed by atoms with E-state index in [0.717, 1.165) is 31.5 Å². The van der Waals surface area contributed by atoms with Gasteiger partial charge in [-0.25, -0.2) is 0 Å². The van der Waals surface area contributed by atoms with Crippen molar-refractivity contribution in [2.75, 3.05) is 18.0 Å². The molecule has 20 heavy (non-hydrogen) atoms. The first kappa shape index (κ1) is 15.0.